The first-order chi connectivity index (χ1) is 12.7. The molecule has 1 unspecified atom stereocenters. The summed E-state index contributed by atoms with van der Waals surface area (Å²) in [5.41, 5.74) is 1.29. The predicted molar refractivity (Wildman–Crippen MR) is 89.9 cm³/mol. The van der Waals surface area contributed by atoms with E-state index in [2.05, 4.69) is 4.98 Å². The van der Waals surface area contributed by atoms with Gasteiger partial charge in [-0.1, -0.05) is 0 Å². The van der Waals surface area contributed by atoms with Crippen LogP contribution in [-0.2, 0) is 6.42 Å². The Morgan fingerprint density at radius 3 is 3.04 bits per heavy atom. The largest absolute Gasteiger partial charge is 0.472 e. The summed E-state index contributed by atoms with van der Waals surface area (Å²) >= 11 is 0. The van der Waals surface area contributed by atoms with Crippen LogP contribution >= 0.6 is 0 Å². The molecule has 26 heavy (non-hydrogen) atoms. The van der Waals surface area contributed by atoms with E-state index in [4.69, 9.17) is 14.4 Å². The average molecular weight is 351 g/mol. The van der Waals surface area contributed by atoms with Gasteiger partial charge in [0.15, 0.2) is 5.78 Å². The highest BCUT2D eigenvalue weighted by atomic mass is 16.5. The number of carbonyl (C=O) groups is 2. The number of pyridine rings is 1. The van der Waals surface area contributed by atoms with Gasteiger partial charge in [0.25, 0.3) is 5.91 Å². The van der Waals surface area contributed by atoms with Crippen LogP contribution in [-0.4, -0.2) is 40.8 Å². The second-order valence-corrected chi connectivity index (χ2v) is 6.50. The summed E-state index contributed by atoms with van der Waals surface area (Å²) in [5, 5.41) is 8.80. The standard InChI is InChI=1S/C19H17N3O4/c20-8-12-4-5-17(21-9-12)26-13-6-7-22(10-13)19(24)14-11-25-16-3-1-2-15(23)18(14)16/h4-5,9,11,13H,1-3,6-7,10H2. The average Bonchev–Trinajstić information content (AvgIpc) is 3.30. The Kier molecular flexibility index (Phi) is 4.17. The lowest BCUT2D eigenvalue weighted by atomic mass is 9.94. The van der Waals surface area contributed by atoms with Gasteiger partial charge in [0, 0.05) is 38.1 Å². The van der Waals surface area contributed by atoms with E-state index in [1.807, 2.05) is 6.07 Å². The van der Waals surface area contributed by atoms with Crippen LogP contribution in [0, 0.1) is 11.3 Å². The first-order valence-corrected chi connectivity index (χ1v) is 8.61. The molecule has 1 amide bonds. The lowest BCUT2D eigenvalue weighted by molar-refractivity contribution is 0.0765. The highest BCUT2D eigenvalue weighted by Gasteiger charge is 2.34. The number of aryl methyl sites for hydroxylation is 1. The minimum absolute atomic E-state index is 0.0165. The zero-order valence-corrected chi connectivity index (χ0v) is 14.1. The fraction of sp³-hybridized carbons (Fsp3) is 0.368. The molecule has 2 aromatic heterocycles. The molecule has 4 rings (SSSR count). The fourth-order valence-electron chi connectivity index (χ4n) is 3.45. The number of hydrogen-bond donors (Lipinski definition) is 0. The smallest absolute Gasteiger partial charge is 0.258 e. The monoisotopic (exact) mass is 351 g/mol. The molecule has 132 valence electrons. The van der Waals surface area contributed by atoms with Gasteiger partial charge in [-0.15, -0.1) is 0 Å². The number of ether oxygens (including phenoxy) is 1. The summed E-state index contributed by atoms with van der Waals surface area (Å²) < 4.78 is 11.2. The van der Waals surface area contributed by atoms with Gasteiger partial charge in [-0.3, -0.25) is 9.59 Å². The topological polar surface area (TPSA) is 96.4 Å². The maximum Gasteiger partial charge on any atom is 0.258 e. The number of rotatable bonds is 3. The van der Waals surface area contributed by atoms with E-state index in [0.29, 0.717) is 60.7 Å². The van der Waals surface area contributed by atoms with Crippen molar-refractivity contribution >= 4 is 11.7 Å². The van der Waals surface area contributed by atoms with Gasteiger partial charge >= 0.3 is 0 Å². The van der Waals surface area contributed by atoms with Crippen LogP contribution in [0.3, 0.4) is 0 Å². The number of nitrogens with zero attached hydrogens (tertiary/aromatic N) is 3. The minimum atomic E-state index is -0.191. The first-order valence-electron chi connectivity index (χ1n) is 8.61. The van der Waals surface area contributed by atoms with E-state index in [1.165, 1.54) is 12.5 Å². The van der Waals surface area contributed by atoms with Gasteiger partial charge in [0.05, 0.1) is 23.2 Å². The number of nitriles is 1. The Labute approximate surface area is 150 Å². The molecule has 0 radical (unpaired) electrons. The Bertz CT molecular complexity index is 894. The third-order valence-corrected chi connectivity index (χ3v) is 4.77. The molecule has 3 heterocycles. The number of aromatic nitrogens is 1. The summed E-state index contributed by atoms with van der Waals surface area (Å²) in [4.78, 5) is 30.7. The predicted octanol–water partition coefficient (Wildman–Crippen LogP) is 2.36. The maximum absolute atomic E-state index is 12.8. The molecule has 1 aliphatic heterocycles. The molecule has 1 saturated heterocycles. The van der Waals surface area contributed by atoms with E-state index in [1.54, 1.807) is 17.0 Å². The number of likely N-dealkylation sites (tertiary alicyclic amines) is 1. The zero-order valence-electron chi connectivity index (χ0n) is 14.1. The Morgan fingerprint density at radius 1 is 1.38 bits per heavy atom. The van der Waals surface area contributed by atoms with Crippen molar-refractivity contribution in [2.75, 3.05) is 13.1 Å². The third-order valence-electron chi connectivity index (χ3n) is 4.77. The van der Waals surface area contributed by atoms with Crippen LogP contribution in [0.1, 0.15) is 51.3 Å². The normalized spacial score (nSPS) is 19.1. The van der Waals surface area contributed by atoms with Gasteiger partial charge < -0.3 is 14.1 Å². The summed E-state index contributed by atoms with van der Waals surface area (Å²) in [7, 11) is 0. The molecular weight excluding hydrogens is 334 g/mol. The molecular formula is C19H17N3O4. The highest BCUT2D eigenvalue weighted by Crippen LogP contribution is 2.28. The van der Waals surface area contributed by atoms with Crippen LogP contribution < -0.4 is 4.74 Å². The number of Topliss-reactive ketones (excluding diaryl/α,β-unsaturated/α-hetero) is 1. The number of fused-ring (bicyclic) bond motifs is 1. The number of amides is 1. The Morgan fingerprint density at radius 2 is 2.27 bits per heavy atom. The van der Waals surface area contributed by atoms with Crippen molar-refractivity contribution in [1.29, 1.82) is 5.26 Å². The van der Waals surface area contributed by atoms with Crippen molar-refractivity contribution in [3.8, 4) is 11.9 Å². The molecule has 7 heteroatoms. The lowest BCUT2D eigenvalue weighted by Gasteiger charge is -2.17. The second-order valence-electron chi connectivity index (χ2n) is 6.50. The number of carbonyl (C=O) groups excluding carboxylic acids is 2. The van der Waals surface area contributed by atoms with Crippen molar-refractivity contribution in [1.82, 2.24) is 9.88 Å². The van der Waals surface area contributed by atoms with Crippen molar-refractivity contribution < 1.29 is 18.7 Å². The van der Waals surface area contributed by atoms with Crippen LogP contribution in [0.4, 0.5) is 0 Å². The van der Waals surface area contributed by atoms with Crippen LogP contribution in [0.2, 0.25) is 0 Å². The second kappa shape index (κ2) is 6.64. The van der Waals surface area contributed by atoms with Gasteiger partial charge in [-0.2, -0.15) is 5.26 Å². The van der Waals surface area contributed by atoms with Crippen LogP contribution in [0.5, 0.6) is 5.88 Å². The van der Waals surface area contributed by atoms with Gasteiger partial charge in [0.1, 0.15) is 24.2 Å². The molecule has 0 spiro atoms. The van der Waals surface area contributed by atoms with E-state index in [0.717, 1.165) is 6.42 Å². The number of hydrogen-bond acceptors (Lipinski definition) is 6. The quantitative estimate of drug-likeness (QED) is 0.842. The maximum atomic E-state index is 12.8. The third kappa shape index (κ3) is 2.94. The minimum Gasteiger partial charge on any atom is -0.472 e. The van der Waals surface area contributed by atoms with E-state index < -0.39 is 0 Å². The number of ketones is 1. The molecule has 1 aliphatic carbocycles. The van der Waals surface area contributed by atoms with Crippen LogP contribution in [0.25, 0.3) is 0 Å². The molecule has 0 aromatic carbocycles. The van der Waals surface area contributed by atoms with E-state index in [9.17, 15) is 9.59 Å². The van der Waals surface area contributed by atoms with Crippen molar-refractivity contribution in [3.63, 3.8) is 0 Å². The zero-order chi connectivity index (χ0) is 18.1. The molecule has 2 aromatic rings. The lowest BCUT2D eigenvalue weighted by Crippen LogP contribution is -2.32. The van der Waals surface area contributed by atoms with Gasteiger partial charge in [0.2, 0.25) is 5.88 Å². The van der Waals surface area contributed by atoms with Gasteiger partial charge in [-0.05, 0) is 12.5 Å². The fourth-order valence-corrected chi connectivity index (χ4v) is 3.45. The Hall–Kier alpha value is -3.14. The summed E-state index contributed by atoms with van der Waals surface area (Å²) in [6, 6.07) is 5.30. The molecule has 0 saturated carbocycles. The molecule has 7 nitrogen and oxygen atoms in total. The highest BCUT2D eigenvalue weighted by molar-refractivity contribution is 6.09. The van der Waals surface area contributed by atoms with E-state index >= 15 is 0 Å². The molecule has 1 fully saturated rings. The summed E-state index contributed by atoms with van der Waals surface area (Å²) in [6.07, 6.45) is 5.31. The van der Waals surface area contributed by atoms with E-state index in [-0.39, 0.29) is 17.8 Å². The van der Waals surface area contributed by atoms with Crippen molar-refractivity contribution in [3.05, 3.63) is 47.0 Å². The van der Waals surface area contributed by atoms with Crippen molar-refractivity contribution in [2.45, 2.75) is 31.8 Å². The molecule has 0 bridgehead atoms. The summed E-state index contributed by atoms with van der Waals surface area (Å²) in [6.45, 7) is 0.975. The molecule has 2 aliphatic rings. The van der Waals surface area contributed by atoms with Crippen molar-refractivity contribution in [2.24, 2.45) is 0 Å². The number of furan rings is 1. The molecule has 1 atom stereocenters. The van der Waals surface area contributed by atoms with Crippen LogP contribution in [0.15, 0.2) is 29.0 Å². The SMILES string of the molecule is N#Cc1ccc(OC2CCN(C(=O)c3coc4c3C(=O)CCC4)C2)nc1. The molecule has 0 N–H and O–H groups in total. The summed E-state index contributed by atoms with van der Waals surface area (Å²) in [5.74, 6) is 0.846. The van der Waals surface area contributed by atoms with Gasteiger partial charge in [-0.25, -0.2) is 4.98 Å². The first kappa shape index (κ1) is 16.3. The Balaban J connectivity index is 1.44.